The highest BCUT2D eigenvalue weighted by atomic mass is 16.5. The van der Waals surface area contributed by atoms with Gasteiger partial charge in [-0.15, -0.1) is 0 Å². The van der Waals surface area contributed by atoms with E-state index in [2.05, 4.69) is 0 Å². The Hall–Kier alpha value is -3.48. The van der Waals surface area contributed by atoms with E-state index in [0.717, 1.165) is 4.90 Å². The average Bonchev–Trinajstić information content (AvgIpc) is 2.99. The molecule has 7 heteroatoms. The van der Waals surface area contributed by atoms with Crippen LogP contribution < -0.4 is 4.74 Å². The van der Waals surface area contributed by atoms with E-state index in [1.54, 1.807) is 62.4 Å². The van der Waals surface area contributed by atoms with Crippen molar-refractivity contribution in [2.75, 3.05) is 6.61 Å². The second kappa shape index (κ2) is 9.12. The van der Waals surface area contributed by atoms with Crippen LogP contribution in [0.5, 0.6) is 5.75 Å². The zero-order valence-corrected chi connectivity index (χ0v) is 18.0. The minimum Gasteiger partial charge on any atom is -0.494 e. The number of benzene rings is 2. The van der Waals surface area contributed by atoms with E-state index in [4.69, 9.17) is 9.47 Å². The number of ether oxygens (including phenoxy) is 2. The summed E-state index contributed by atoms with van der Waals surface area (Å²) in [5.74, 6) is -2.03. The predicted octanol–water partition coefficient (Wildman–Crippen LogP) is 3.52. The minimum absolute atomic E-state index is 0.254. The van der Waals surface area contributed by atoms with Crippen LogP contribution >= 0.6 is 0 Å². The SMILES string of the molecule is CCOc1ccc(C(=O)[C@@H](C)OC(=O)[C@@H](C(C)C)N2C(=O)c3ccccc3C2=O)cc1. The molecule has 0 aliphatic carbocycles. The Kier molecular flexibility index (Phi) is 6.53. The number of rotatable bonds is 8. The third-order valence-electron chi connectivity index (χ3n) is 5.09. The Morgan fingerprint density at radius 2 is 1.45 bits per heavy atom. The molecule has 0 saturated carbocycles. The summed E-state index contributed by atoms with van der Waals surface area (Å²) in [5.41, 5.74) is 0.875. The van der Waals surface area contributed by atoms with Crippen LogP contribution in [0.1, 0.15) is 58.8 Å². The molecule has 0 spiro atoms. The van der Waals surface area contributed by atoms with Gasteiger partial charge in [-0.3, -0.25) is 19.3 Å². The van der Waals surface area contributed by atoms with Crippen molar-refractivity contribution >= 4 is 23.6 Å². The van der Waals surface area contributed by atoms with Gasteiger partial charge >= 0.3 is 5.97 Å². The first-order chi connectivity index (χ1) is 14.8. The second-order valence-corrected chi connectivity index (χ2v) is 7.62. The molecule has 2 aromatic rings. The number of ketones is 1. The summed E-state index contributed by atoms with van der Waals surface area (Å²) in [6, 6.07) is 11.8. The molecule has 2 atom stereocenters. The van der Waals surface area contributed by atoms with Crippen LogP contribution in [0.25, 0.3) is 0 Å². The highest BCUT2D eigenvalue weighted by Crippen LogP contribution is 2.28. The molecule has 1 aliphatic heterocycles. The fourth-order valence-corrected chi connectivity index (χ4v) is 3.55. The molecule has 0 N–H and O–H groups in total. The van der Waals surface area contributed by atoms with Gasteiger partial charge in [0.25, 0.3) is 11.8 Å². The first-order valence-corrected chi connectivity index (χ1v) is 10.2. The molecule has 7 nitrogen and oxygen atoms in total. The Balaban J connectivity index is 1.76. The molecule has 1 heterocycles. The summed E-state index contributed by atoms with van der Waals surface area (Å²) in [6.45, 7) is 7.27. The normalized spacial score (nSPS) is 14.9. The third kappa shape index (κ3) is 4.35. The number of hydrogen-bond acceptors (Lipinski definition) is 6. The molecule has 2 aromatic carbocycles. The van der Waals surface area contributed by atoms with Gasteiger partial charge in [-0.2, -0.15) is 0 Å². The topological polar surface area (TPSA) is 90.0 Å². The molecular weight excluding hydrogens is 398 g/mol. The van der Waals surface area contributed by atoms with Crippen LogP contribution in [-0.4, -0.2) is 47.2 Å². The van der Waals surface area contributed by atoms with Crippen molar-refractivity contribution in [2.24, 2.45) is 5.92 Å². The maximum atomic E-state index is 13.0. The van der Waals surface area contributed by atoms with Gasteiger partial charge in [0.2, 0.25) is 5.78 Å². The lowest BCUT2D eigenvalue weighted by Crippen LogP contribution is -2.49. The first-order valence-electron chi connectivity index (χ1n) is 10.2. The van der Waals surface area contributed by atoms with Crippen LogP contribution in [0, 0.1) is 5.92 Å². The highest BCUT2D eigenvalue weighted by Gasteiger charge is 2.45. The van der Waals surface area contributed by atoms with Crippen LogP contribution in [0.4, 0.5) is 0 Å². The van der Waals surface area contributed by atoms with Crippen molar-refractivity contribution < 1.29 is 28.7 Å². The molecule has 0 saturated heterocycles. The van der Waals surface area contributed by atoms with Crippen molar-refractivity contribution in [2.45, 2.75) is 39.8 Å². The fourth-order valence-electron chi connectivity index (χ4n) is 3.55. The molecule has 31 heavy (non-hydrogen) atoms. The molecule has 1 aliphatic rings. The van der Waals surface area contributed by atoms with Crippen LogP contribution in [0.2, 0.25) is 0 Å². The van der Waals surface area contributed by atoms with Gasteiger partial charge in [0.1, 0.15) is 11.8 Å². The van der Waals surface area contributed by atoms with E-state index in [-0.39, 0.29) is 16.9 Å². The summed E-state index contributed by atoms with van der Waals surface area (Å²) in [7, 11) is 0. The summed E-state index contributed by atoms with van der Waals surface area (Å²) < 4.78 is 10.8. The molecule has 0 radical (unpaired) electrons. The Labute approximate surface area is 180 Å². The van der Waals surface area contributed by atoms with Gasteiger partial charge < -0.3 is 9.47 Å². The average molecular weight is 423 g/mol. The van der Waals surface area contributed by atoms with Gasteiger partial charge in [-0.05, 0) is 56.2 Å². The predicted molar refractivity (Wildman–Crippen MR) is 113 cm³/mol. The minimum atomic E-state index is -1.14. The van der Waals surface area contributed by atoms with E-state index in [1.807, 2.05) is 6.92 Å². The number of hydrogen-bond donors (Lipinski definition) is 0. The van der Waals surface area contributed by atoms with E-state index < -0.39 is 35.8 Å². The number of carbonyl (C=O) groups excluding carboxylic acids is 4. The van der Waals surface area contributed by atoms with Crippen LogP contribution in [-0.2, 0) is 9.53 Å². The number of nitrogens with zero attached hydrogens (tertiary/aromatic N) is 1. The number of carbonyl (C=O) groups is 4. The highest BCUT2D eigenvalue weighted by molar-refractivity contribution is 6.22. The molecule has 0 fully saturated rings. The number of Topliss-reactive ketones (excluding diaryl/α,β-unsaturated/α-hetero) is 1. The number of fused-ring (bicyclic) bond motifs is 1. The van der Waals surface area contributed by atoms with Crippen molar-refractivity contribution in [3.63, 3.8) is 0 Å². The molecule has 3 rings (SSSR count). The third-order valence-corrected chi connectivity index (χ3v) is 5.09. The zero-order chi connectivity index (χ0) is 22.7. The number of esters is 1. The number of amides is 2. The van der Waals surface area contributed by atoms with Gasteiger partial charge in [-0.1, -0.05) is 26.0 Å². The van der Waals surface area contributed by atoms with Gasteiger partial charge in [0.05, 0.1) is 17.7 Å². The van der Waals surface area contributed by atoms with Gasteiger partial charge in [0, 0.05) is 5.56 Å². The smallest absolute Gasteiger partial charge is 0.330 e. The van der Waals surface area contributed by atoms with E-state index in [1.165, 1.54) is 6.92 Å². The van der Waals surface area contributed by atoms with Crippen molar-refractivity contribution in [1.82, 2.24) is 4.90 Å². The Morgan fingerprint density at radius 3 is 1.94 bits per heavy atom. The number of imide groups is 1. The summed E-state index contributed by atoms with van der Waals surface area (Å²) in [4.78, 5) is 52.2. The van der Waals surface area contributed by atoms with Gasteiger partial charge in [-0.25, -0.2) is 4.79 Å². The molecule has 2 amide bonds. The van der Waals surface area contributed by atoms with Crippen molar-refractivity contribution in [3.8, 4) is 5.75 Å². The Bertz CT molecular complexity index is 976. The maximum absolute atomic E-state index is 13.0. The summed E-state index contributed by atoms with van der Waals surface area (Å²) in [5, 5.41) is 0. The molecule has 0 aromatic heterocycles. The van der Waals surface area contributed by atoms with Gasteiger partial charge in [0.15, 0.2) is 6.10 Å². The Morgan fingerprint density at radius 1 is 0.903 bits per heavy atom. The van der Waals surface area contributed by atoms with E-state index >= 15 is 0 Å². The van der Waals surface area contributed by atoms with Crippen LogP contribution in [0.15, 0.2) is 48.5 Å². The standard InChI is InChI=1S/C24H25NO6/c1-5-30-17-12-10-16(11-13-17)21(26)15(4)31-24(29)20(14(2)3)25-22(27)18-8-6-7-9-19(18)23(25)28/h6-15,20H,5H2,1-4H3/t15-,20-/m1/s1. The summed E-state index contributed by atoms with van der Waals surface area (Å²) in [6.07, 6.45) is -1.08. The van der Waals surface area contributed by atoms with E-state index in [0.29, 0.717) is 17.9 Å². The molecular formula is C24H25NO6. The molecule has 0 unspecified atom stereocenters. The van der Waals surface area contributed by atoms with Crippen molar-refractivity contribution in [3.05, 3.63) is 65.2 Å². The first kappa shape index (κ1) is 22.2. The maximum Gasteiger partial charge on any atom is 0.330 e. The fraction of sp³-hybridized carbons (Fsp3) is 0.333. The largest absolute Gasteiger partial charge is 0.494 e. The lowest BCUT2D eigenvalue weighted by molar-refractivity contribution is -0.152. The monoisotopic (exact) mass is 423 g/mol. The van der Waals surface area contributed by atoms with Crippen LogP contribution in [0.3, 0.4) is 0 Å². The lowest BCUT2D eigenvalue weighted by Gasteiger charge is -2.28. The molecule has 162 valence electrons. The van der Waals surface area contributed by atoms with Crippen molar-refractivity contribution in [1.29, 1.82) is 0 Å². The lowest BCUT2D eigenvalue weighted by atomic mass is 10.0. The summed E-state index contributed by atoms with van der Waals surface area (Å²) >= 11 is 0. The second-order valence-electron chi connectivity index (χ2n) is 7.62. The van der Waals surface area contributed by atoms with E-state index in [9.17, 15) is 19.2 Å². The zero-order valence-electron chi connectivity index (χ0n) is 18.0. The quantitative estimate of drug-likeness (QED) is 0.367. The molecule has 0 bridgehead atoms.